The third kappa shape index (κ3) is 2.21. The van der Waals surface area contributed by atoms with E-state index in [0.717, 1.165) is 27.8 Å². The molecule has 0 aliphatic carbocycles. The van der Waals surface area contributed by atoms with Crippen LogP contribution in [0.2, 0.25) is 0 Å². The van der Waals surface area contributed by atoms with E-state index in [0.29, 0.717) is 0 Å². The molecular weight excluding hydrogens is 220 g/mol. The van der Waals surface area contributed by atoms with Crippen LogP contribution in [0, 0.1) is 27.7 Å². The molecule has 0 amide bonds. The molecule has 0 atom stereocenters. The van der Waals surface area contributed by atoms with Crippen molar-refractivity contribution in [1.82, 2.24) is 0 Å². The molecule has 0 heterocycles. The Morgan fingerprint density at radius 1 is 0.833 bits per heavy atom. The first-order valence-electron chi connectivity index (χ1n) is 6.19. The van der Waals surface area contributed by atoms with E-state index in [-0.39, 0.29) is 5.78 Å². The Labute approximate surface area is 108 Å². The molecule has 0 aliphatic rings. The topological polar surface area (TPSA) is 17.1 Å². The van der Waals surface area contributed by atoms with E-state index in [1.807, 2.05) is 57.2 Å². The first kappa shape index (κ1) is 12.6. The van der Waals surface area contributed by atoms with Gasteiger partial charge in [-0.25, -0.2) is 0 Å². The molecule has 92 valence electrons. The summed E-state index contributed by atoms with van der Waals surface area (Å²) >= 11 is 0. The van der Waals surface area contributed by atoms with Crippen LogP contribution in [0.15, 0.2) is 36.4 Å². The molecule has 0 radical (unpaired) electrons. The first-order chi connectivity index (χ1) is 8.50. The van der Waals surface area contributed by atoms with Gasteiger partial charge in [0, 0.05) is 11.1 Å². The van der Waals surface area contributed by atoms with Crippen LogP contribution < -0.4 is 0 Å². The molecule has 0 saturated carbocycles. The Balaban J connectivity index is 2.48. The number of carbonyl (C=O) groups excluding carboxylic acids is 1. The molecule has 2 aromatic rings. The van der Waals surface area contributed by atoms with Crippen molar-refractivity contribution >= 4 is 5.78 Å². The normalized spacial score (nSPS) is 10.4. The predicted molar refractivity (Wildman–Crippen MR) is 75.3 cm³/mol. The van der Waals surface area contributed by atoms with E-state index < -0.39 is 0 Å². The number of carbonyl (C=O) groups is 1. The summed E-state index contributed by atoms with van der Waals surface area (Å²) in [6.07, 6.45) is 0. The molecule has 2 aromatic carbocycles. The van der Waals surface area contributed by atoms with Crippen molar-refractivity contribution in [2.45, 2.75) is 27.7 Å². The van der Waals surface area contributed by atoms with Crippen molar-refractivity contribution in [1.29, 1.82) is 0 Å². The van der Waals surface area contributed by atoms with E-state index >= 15 is 0 Å². The van der Waals surface area contributed by atoms with Crippen molar-refractivity contribution in [3.63, 3.8) is 0 Å². The third-order valence-electron chi connectivity index (χ3n) is 3.62. The SMILES string of the molecule is Cc1ccc(C(=O)c2cccc(C)c2C)cc1C. The molecule has 0 spiro atoms. The summed E-state index contributed by atoms with van der Waals surface area (Å²) in [5.41, 5.74) is 6.18. The fraction of sp³-hybridized carbons (Fsp3) is 0.235. The van der Waals surface area contributed by atoms with Crippen molar-refractivity contribution in [3.8, 4) is 0 Å². The number of hydrogen-bond acceptors (Lipinski definition) is 1. The van der Waals surface area contributed by atoms with Crippen molar-refractivity contribution in [2.75, 3.05) is 0 Å². The van der Waals surface area contributed by atoms with Crippen LogP contribution in [0.3, 0.4) is 0 Å². The Morgan fingerprint density at radius 2 is 1.56 bits per heavy atom. The van der Waals surface area contributed by atoms with Gasteiger partial charge in [-0.3, -0.25) is 4.79 Å². The quantitative estimate of drug-likeness (QED) is 0.718. The largest absolute Gasteiger partial charge is 0.289 e. The van der Waals surface area contributed by atoms with Gasteiger partial charge < -0.3 is 0 Å². The summed E-state index contributed by atoms with van der Waals surface area (Å²) in [4.78, 5) is 12.5. The second kappa shape index (κ2) is 4.77. The number of aryl methyl sites for hydroxylation is 3. The Hall–Kier alpha value is -1.89. The van der Waals surface area contributed by atoms with Crippen LogP contribution in [0.5, 0.6) is 0 Å². The summed E-state index contributed by atoms with van der Waals surface area (Å²) in [6, 6.07) is 11.8. The minimum absolute atomic E-state index is 0.110. The van der Waals surface area contributed by atoms with Gasteiger partial charge in [-0.1, -0.05) is 30.3 Å². The second-order valence-corrected chi connectivity index (χ2v) is 4.88. The van der Waals surface area contributed by atoms with E-state index in [1.165, 1.54) is 5.56 Å². The molecule has 0 bridgehead atoms. The van der Waals surface area contributed by atoms with Crippen molar-refractivity contribution < 1.29 is 4.79 Å². The summed E-state index contributed by atoms with van der Waals surface area (Å²) < 4.78 is 0. The molecule has 1 nitrogen and oxygen atoms in total. The van der Waals surface area contributed by atoms with E-state index in [2.05, 4.69) is 6.92 Å². The molecule has 0 aliphatic heterocycles. The van der Waals surface area contributed by atoms with Gasteiger partial charge in [-0.15, -0.1) is 0 Å². The lowest BCUT2D eigenvalue weighted by atomic mass is 9.94. The summed E-state index contributed by atoms with van der Waals surface area (Å²) in [5.74, 6) is 0.110. The fourth-order valence-electron chi connectivity index (χ4n) is 2.04. The van der Waals surface area contributed by atoms with Gasteiger partial charge in [0.1, 0.15) is 0 Å². The zero-order valence-corrected chi connectivity index (χ0v) is 11.4. The maximum atomic E-state index is 12.5. The van der Waals surface area contributed by atoms with Gasteiger partial charge in [-0.2, -0.15) is 0 Å². The Bertz CT molecular complexity index is 609. The molecule has 0 fully saturated rings. The molecule has 0 unspecified atom stereocenters. The smallest absolute Gasteiger partial charge is 0.193 e. The minimum Gasteiger partial charge on any atom is -0.289 e. The molecule has 0 N–H and O–H groups in total. The highest BCUT2D eigenvalue weighted by atomic mass is 16.1. The van der Waals surface area contributed by atoms with Gasteiger partial charge in [-0.05, 0) is 56.0 Å². The van der Waals surface area contributed by atoms with Gasteiger partial charge in [0.15, 0.2) is 5.78 Å². The fourth-order valence-corrected chi connectivity index (χ4v) is 2.04. The standard InChI is InChI=1S/C17H18O/c1-11-8-9-15(10-13(11)3)17(18)16-7-5-6-12(2)14(16)4/h5-10H,1-4H3. The monoisotopic (exact) mass is 238 g/mol. The van der Waals surface area contributed by atoms with Crippen LogP contribution in [0.4, 0.5) is 0 Å². The number of rotatable bonds is 2. The Kier molecular flexibility index (Phi) is 3.33. The maximum absolute atomic E-state index is 12.5. The number of hydrogen-bond donors (Lipinski definition) is 0. The lowest BCUT2D eigenvalue weighted by Gasteiger charge is -2.09. The minimum atomic E-state index is 0.110. The van der Waals surface area contributed by atoms with Gasteiger partial charge in [0.05, 0.1) is 0 Å². The second-order valence-electron chi connectivity index (χ2n) is 4.88. The van der Waals surface area contributed by atoms with Crippen LogP contribution in [-0.2, 0) is 0 Å². The zero-order chi connectivity index (χ0) is 13.3. The van der Waals surface area contributed by atoms with Crippen LogP contribution in [0.25, 0.3) is 0 Å². The average Bonchev–Trinajstić information content (AvgIpc) is 2.35. The molecule has 0 saturated heterocycles. The van der Waals surface area contributed by atoms with Crippen LogP contribution in [-0.4, -0.2) is 5.78 Å². The van der Waals surface area contributed by atoms with E-state index in [9.17, 15) is 4.79 Å². The van der Waals surface area contributed by atoms with Crippen LogP contribution in [0.1, 0.15) is 38.2 Å². The number of benzene rings is 2. The molecule has 0 aromatic heterocycles. The van der Waals surface area contributed by atoms with Gasteiger partial charge in [0.25, 0.3) is 0 Å². The summed E-state index contributed by atoms with van der Waals surface area (Å²) in [6.45, 7) is 8.13. The van der Waals surface area contributed by atoms with Gasteiger partial charge in [0.2, 0.25) is 0 Å². The highest BCUT2D eigenvalue weighted by Gasteiger charge is 2.12. The summed E-state index contributed by atoms with van der Waals surface area (Å²) in [5, 5.41) is 0. The van der Waals surface area contributed by atoms with E-state index in [1.54, 1.807) is 0 Å². The lowest BCUT2D eigenvalue weighted by molar-refractivity contribution is 0.103. The summed E-state index contributed by atoms with van der Waals surface area (Å²) in [7, 11) is 0. The maximum Gasteiger partial charge on any atom is 0.193 e. The third-order valence-corrected chi connectivity index (χ3v) is 3.62. The zero-order valence-electron chi connectivity index (χ0n) is 11.4. The average molecular weight is 238 g/mol. The molecule has 2 rings (SSSR count). The molecule has 18 heavy (non-hydrogen) atoms. The van der Waals surface area contributed by atoms with Crippen molar-refractivity contribution in [3.05, 3.63) is 69.8 Å². The number of ketones is 1. The molecular formula is C17H18O. The first-order valence-corrected chi connectivity index (χ1v) is 6.19. The van der Waals surface area contributed by atoms with Crippen LogP contribution >= 0.6 is 0 Å². The van der Waals surface area contributed by atoms with E-state index in [4.69, 9.17) is 0 Å². The van der Waals surface area contributed by atoms with Crippen molar-refractivity contribution in [2.24, 2.45) is 0 Å². The lowest BCUT2D eigenvalue weighted by Crippen LogP contribution is -2.05. The highest BCUT2D eigenvalue weighted by Crippen LogP contribution is 2.19. The van der Waals surface area contributed by atoms with Gasteiger partial charge >= 0.3 is 0 Å². The Morgan fingerprint density at radius 3 is 2.22 bits per heavy atom. The predicted octanol–water partition coefficient (Wildman–Crippen LogP) is 4.15. The molecule has 1 heteroatoms. The highest BCUT2D eigenvalue weighted by molar-refractivity contribution is 6.10.